The predicted octanol–water partition coefficient (Wildman–Crippen LogP) is 2.63. The third kappa shape index (κ3) is 4.81. The van der Waals surface area contributed by atoms with Gasteiger partial charge >= 0.3 is 0 Å². The van der Waals surface area contributed by atoms with Gasteiger partial charge in [-0.05, 0) is 43.0 Å². The molecule has 0 spiro atoms. The Morgan fingerprint density at radius 3 is 2.63 bits per heavy atom. The van der Waals surface area contributed by atoms with Crippen LogP contribution >= 0.6 is 0 Å². The van der Waals surface area contributed by atoms with Crippen LogP contribution in [0.2, 0.25) is 0 Å². The molecule has 4 nitrogen and oxygen atoms in total. The Hall–Kier alpha value is -1.71. The zero-order chi connectivity index (χ0) is 14.4. The first-order chi connectivity index (χ1) is 8.93. The van der Waals surface area contributed by atoms with Crippen LogP contribution in [0.15, 0.2) is 18.2 Å². The van der Waals surface area contributed by atoms with Crippen LogP contribution in [-0.2, 0) is 4.79 Å². The summed E-state index contributed by atoms with van der Waals surface area (Å²) in [5.74, 6) is 1.14. The average Bonchev–Trinajstić information content (AvgIpc) is 2.37. The maximum atomic E-state index is 11.9. The number of aryl methyl sites for hydroxylation is 1. The molecule has 0 saturated carbocycles. The number of hydrogen-bond acceptors (Lipinski definition) is 3. The molecule has 1 amide bonds. The van der Waals surface area contributed by atoms with Crippen molar-refractivity contribution in [3.05, 3.63) is 23.8 Å². The molecule has 0 aliphatic rings. The summed E-state index contributed by atoms with van der Waals surface area (Å²) in [6.07, 6.45) is 0.104. The van der Waals surface area contributed by atoms with Crippen LogP contribution in [0.1, 0.15) is 32.8 Å². The quantitative estimate of drug-likeness (QED) is 0.831. The molecule has 106 valence electrons. The number of hydrogen-bond donors (Lipinski definition) is 2. The number of phenols is 1. The minimum absolute atomic E-state index is 0.0954. The number of rotatable bonds is 6. The first-order valence-electron chi connectivity index (χ1n) is 6.68. The standard InChI is InChI=1S/C15H23NO3/c1-5-14(15(18)16-9-10(2)3)19-12-6-7-13(17)11(4)8-12/h6-8,10,14,17H,5,9H2,1-4H3,(H,16,18). The highest BCUT2D eigenvalue weighted by Gasteiger charge is 2.18. The van der Waals surface area contributed by atoms with Crippen molar-refractivity contribution in [2.24, 2.45) is 5.92 Å². The number of carbonyl (C=O) groups is 1. The van der Waals surface area contributed by atoms with Gasteiger partial charge in [0.2, 0.25) is 0 Å². The average molecular weight is 265 g/mol. The van der Waals surface area contributed by atoms with Crippen molar-refractivity contribution < 1.29 is 14.6 Å². The van der Waals surface area contributed by atoms with Crippen molar-refractivity contribution in [1.82, 2.24) is 5.32 Å². The predicted molar refractivity (Wildman–Crippen MR) is 75.4 cm³/mol. The number of amides is 1. The van der Waals surface area contributed by atoms with E-state index in [0.29, 0.717) is 24.6 Å². The van der Waals surface area contributed by atoms with Gasteiger partial charge in [0.25, 0.3) is 5.91 Å². The molecule has 1 aromatic rings. The Bertz CT molecular complexity index is 429. The van der Waals surface area contributed by atoms with Gasteiger partial charge in [-0.25, -0.2) is 0 Å². The van der Waals surface area contributed by atoms with Gasteiger partial charge in [0.15, 0.2) is 6.10 Å². The highest BCUT2D eigenvalue weighted by Crippen LogP contribution is 2.23. The van der Waals surface area contributed by atoms with E-state index in [1.54, 1.807) is 25.1 Å². The summed E-state index contributed by atoms with van der Waals surface area (Å²) >= 11 is 0. The Morgan fingerprint density at radius 1 is 1.42 bits per heavy atom. The smallest absolute Gasteiger partial charge is 0.261 e. The maximum Gasteiger partial charge on any atom is 0.261 e. The lowest BCUT2D eigenvalue weighted by Crippen LogP contribution is -2.39. The molecule has 0 heterocycles. The molecule has 1 atom stereocenters. The second-order valence-corrected chi connectivity index (χ2v) is 5.10. The third-order valence-corrected chi connectivity index (χ3v) is 2.79. The zero-order valence-electron chi connectivity index (χ0n) is 12.1. The first-order valence-corrected chi connectivity index (χ1v) is 6.68. The van der Waals surface area contributed by atoms with Crippen LogP contribution < -0.4 is 10.1 Å². The fourth-order valence-electron chi connectivity index (χ4n) is 1.61. The fraction of sp³-hybridized carbons (Fsp3) is 0.533. The van der Waals surface area contributed by atoms with E-state index >= 15 is 0 Å². The lowest BCUT2D eigenvalue weighted by molar-refractivity contribution is -0.128. The summed E-state index contributed by atoms with van der Waals surface area (Å²) in [6, 6.07) is 4.97. The van der Waals surface area contributed by atoms with Gasteiger partial charge in [0.1, 0.15) is 11.5 Å². The largest absolute Gasteiger partial charge is 0.508 e. The van der Waals surface area contributed by atoms with Gasteiger partial charge < -0.3 is 15.2 Å². The van der Waals surface area contributed by atoms with Crippen LogP contribution in [-0.4, -0.2) is 23.7 Å². The van der Waals surface area contributed by atoms with Crippen LogP contribution in [0.4, 0.5) is 0 Å². The molecule has 1 aromatic carbocycles. The third-order valence-electron chi connectivity index (χ3n) is 2.79. The number of nitrogens with one attached hydrogen (secondary N) is 1. The van der Waals surface area contributed by atoms with Gasteiger partial charge in [0, 0.05) is 6.54 Å². The Labute approximate surface area is 114 Å². The number of carbonyl (C=O) groups excluding carboxylic acids is 1. The number of aromatic hydroxyl groups is 1. The summed E-state index contributed by atoms with van der Waals surface area (Å²) in [5, 5.41) is 12.3. The van der Waals surface area contributed by atoms with Gasteiger partial charge in [0.05, 0.1) is 0 Å². The monoisotopic (exact) mass is 265 g/mol. The SMILES string of the molecule is CCC(Oc1ccc(O)c(C)c1)C(=O)NCC(C)C. The summed E-state index contributed by atoms with van der Waals surface area (Å²) in [7, 11) is 0. The van der Waals surface area contributed by atoms with E-state index in [0.717, 1.165) is 5.56 Å². The number of ether oxygens (including phenoxy) is 1. The summed E-state index contributed by atoms with van der Waals surface area (Å²) in [4.78, 5) is 11.9. The van der Waals surface area contributed by atoms with Gasteiger partial charge in [-0.3, -0.25) is 4.79 Å². The highest BCUT2D eigenvalue weighted by molar-refractivity contribution is 5.81. The van der Waals surface area contributed by atoms with Crippen molar-refractivity contribution in [1.29, 1.82) is 0 Å². The summed E-state index contributed by atoms with van der Waals surface area (Å²) < 4.78 is 5.67. The molecule has 1 rings (SSSR count). The Kier molecular flexibility index (Phi) is 5.67. The fourth-order valence-corrected chi connectivity index (χ4v) is 1.61. The van der Waals surface area contributed by atoms with Crippen molar-refractivity contribution >= 4 is 5.91 Å². The molecule has 0 saturated heterocycles. The summed E-state index contributed by atoms with van der Waals surface area (Å²) in [5.41, 5.74) is 0.731. The maximum absolute atomic E-state index is 11.9. The lowest BCUT2D eigenvalue weighted by atomic mass is 10.2. The van der Waals surface area contributed by atoms with Crippen LogP contribution in [0, 0.1) is 12.8 Å². The number of benzene rings is 1. The van der Waals surface area contributed by atoms with Crippen LogP contribution in [0.25, 0.3) is 0 Å². The zero-order valence-corrected chi connectivity index (χ0v) is 12.1. The van der Waals surface area contributed by atoms with Crippen molar-refractivity contribution in [2.45, 2.75) is 40.2 Å². The normalized spacial score (nSPS) is 12.3. The van der Waals surface area contributed by atoms with E-state index in [1.807, 2.05) is 20.8 Å². The van der Waals surface area contributed by atoms with Gasteiger partial charge in [-0.2, -0.15) is 0 Å². The summed E-state index contributed by atoms with van der Waals surface area (Å²) in [6.45, 7) is 8.44. The van der Waals surface area contributed by atoms with Crippen LogP contribution in [0.3, 0.4) is 0 Å². The van der Waals surface area contributed by atoms with Crippen molar-refractivity contribution in [3.63, 3.8) is 0 Å². The minimum Gasteiger partial charge on any atom is -0.508 e. The van der Waals surface area contributed by atoms with E-state index in [-0.39, 0.29) is 11.7 Å². The minimum atomic E-state index is -0.498. The molecule has 1 unspecified atom stereocenters. The second-order valence-electron chi connectivity index (χ2n) is 5.10. The molecular weight excluding hydrogens is 242 g/mol. The molecule has 2 N–H and O–H groups in total. The molecule has 0 fully saturated rings. The van der Waals surface area contributed by atoms with E-state index in [4.69, 9.17) is 4.74 Å². The van der Waals surface area contributed by atoms with E-state index in [1.165, 1.54) is 0 Å². The molecule has 0 aromatic heterocycles. The van der Waals surface area contributed by atoms with E-state index < -0.39 is 6.10 Å². The molecule has 0 aliphatic carbocycles. The van der Waals surface area contributed by atoms with Gasteiger partial charge in [-0.15, -0.1) is 0 Å². The van der Waals surface area contributed by atoms with Gasteiger partial charge in [-0.1, -0.05) is 20.8 Å². The molecule has 0 bridgehead atoms. The Morgan fingerprint density at radius 2 is 2.11 bits per heavy atom. The van der Waals surface area contributed by atoms with Crippen molar-refractivity contribution in [2.75, 3.05) is 6.54 Å². The number of phenolic OH excluding ortho intramolecular Hbond substituents is 1. The molecule has 0 radical (unpaired) electrons. The Balaban J connectivity index is 2.65. The molecular formula is C15H23NO3. The lowest BCUT2D eigenvalue weighted by Gasteiger charge is -2.18. The van der Waals surface area contributed by atoms with E-state index in [9.17, 15) is 9.90 Å². The molecule has 19 heavy (non-hydrogen) atoms. The molecule has 0 aliphatic heterocycles. The highest BCUT2D eigenvalue weighted by atomic mass is 16.5. The van der Waals surface area contributed by atoms with Crippen molar-refractivity contribution in [3.8, 4) is 11.5 Å². The van der Waals surface area contributed by atoms with Crippen LogP contribution in [0.5, 0.6) is 11.5 Å². The first kappa shape index (κ1) is 15.3. The second kappa shape index (κ2) is 7.02. The van der Waals surface area contributed by atoms with E-state index in [2.05, 4.69) is 5.32 Å². The topological polar surface area (TPSA) is 58.6 Å². The molecule has 4 heteroatoms.